The fourth-order valence-electron chi connectivity index (χ4n) is 7.59. The summed E-state index contributed by atoms with van der Waals surface area (Å²) < 4.78 is 14.5. The number of benzene rings is 3. The SMILES string of the molecule is CN/C(=C\C(=N)CSCc1nn2c(c1-c1c(Cl)ccc3c(CCCO)c(C(=O)OC)n(C)c13)CCC2)CSc1cc(O)c2cccc(C(C)(C)OC(N)=O)c2c1. The number of aliphatic hydroxyl groups is 1. The highest BCUT2D eigenvalue weighted by atomic mass is 35.5. The molecule has 0 aliphatic carbocycles. The van der Waals surface area contributed by atoms with E-state index in [9.17, 15) is 19.8 Å². The van der Waals surface area contributed by atoms with E-state index in [2.05, 4.69) is 10.00 Å². The number of hydrogen-bond donors (Lipinski definition) is 5. The van der Waals surface area contributed by atoms with Crippen molar-refractivity contribution >= 4 is 74.6 Å². The minimum absolute atomic E-state index is 0.0000424. The minimum Gasteiger partial charge on any atom is -0.507 e. The maximum Gasteiger partial charge on any atom is 0.405 e. The molecule has 5 aromatic rings. The maximum atomic E-state index is 13.1. The van der Waals surface area contributed by atoms with Gasteiger partial charge in [0.1, 0.15) is 17.0 Å². The average Bonchev–Trinajstić information content (AvgIpc) is 3.83. The van der Waals surface area contributed by atoms with Crippen LogP contribution in [-0.2, 0) is 47.3 Å². The molecule has 0 radical (unpaired) electrons. The summed E-state index contributed by atoms with van der Waals surface area (Å²) in [6, 6.07) is 13.0. The Balaban J connectivity index is 1.21. The lowest BCUT2D eigenvalue weighted by atomic mass is 9.92. The Morgan fingerprint density at radius 1 is 1.14 bits per heavy atom. The molecule has 0 fully saturated rings. The van der Waals surface area contributed by atoms with Crippen molar-refractivity contribution in [3.63, 3.8) is 0 Å². The number of aryl methyl sites for hydroxylation is 3. The molecule has 1 amide bonds. The largest absolute Gasteiger partial charge is 0.507 e. The number of phenolic OH excluding ortho intramolecular Hbond substituents is 1. The Morgan fingerprint density at radius 3 is 2.64 bits per heavy atom. The smallest absolute Gasteiger partial charge is 0.405 e. The number of ether oxygens (including phenoxy) is 2. The third-order valence-electron chi connectivity index (χ3n) is 10.0. The predicted octanol–water partition coefficient (Wildman–Crippen LogP) is 7.69. The van der Waals surface area contributed by atoms with Crippen molar-refractivity contribution < 1.29 is 29.3 Å². The lowest BCUT2D eigenvalue weighted by Gasteiger charge is -2.26. The van der Waals surface area contributed by atoms with Crippen molar-refractivity contribution in [3.05, 3.63) is 87.5 Å². The highest BCUT2D eigenvalue weighted by Crippen LogP contribution is 2.44. The standard InChI is InChI=1S/C41H47ClN6O6S2/c1-41(2,54-40(44)52)30-11-6-9-26-29(30)18-25(19-34(26)50)56-21-24(45-3)17-23(43)20-55-22-32-36(33-12-7-15-48(33)46-32)35-31(42)14-13-28-27(10-8-16-49)38(39(51)53-5)47(4)37(28)35/h6,9,11,13-14,17-19,43,45,49-50H,7-8,10,12,15-16,20-22H2,1-5H3,(H2,44,52)/b24-17-,43-23?. The number of rotatable bonds is 16. The number of nitrogens with two attached hydrogens (primary N) is 1. The van der Waals surface area contributed by atoms with Crippen molar-refractivity contribution in [2.24, 2.45) is 12.8 Å². The van der Waals surface area contributed by atoms with Crippen molar-refractivity contribution in [2.45, 2.75) is 62.3 Å². The van der Waals surface area contributed by atoms with Crippen LogP contribution in [0.25, 0.3) is 32.8 Å². The lowest BCUT2D eigenvalue weighted by molar-refractivity contribution is 0.0443. The Bertz CT molecular complexity index is 2370. The molecule has 0 unspecified atom stereocenters. The third kappa shape index (κ3) is 8.24. The van der Waals surface area contributed by atoms with Crippen LogP contribution in [0.2, 0.25) is 5.02 Å². The summed E-state index contributed by atoms with van der Waals surface area (Å²) in [6.07, 6.45) is 3.78. The van der Waals surface area contributed by atoms with Gasteiger partial charge in [-0.1, -0.05) is 35.9 Å². The van der Waals surface area contributed by atoms with Crippen LogP contribution in [0.3, 0.4) is 0 Å². The molecule has 6 rings (SSSR count). The number of carbonyl (C=O) groups is 2. The van der Waals surface area contributed by atoms with E-state index >= 15 is 0 Å². The van der Waals surface area contributed by atoms with Gasteiger partial charge in [0.15, 0.2) is 0 Å². The van der Waals surface area contributed by atoms with E-state index in [1.54, 1.807) is 37.7 Å². The van der Waals surface area contributed by atoms with Crippen LogP contribution >= 0.6 is 35.1 Å². The van der Waals surface area contributed by atoms with E-state index in [-0.39, 0.29) is 12.4 Å². The molecule has 0 atom stereocenters. The molecule has 6 N–H and O–H groups in total. The number of aliphatic hydroxyl groups excluding tert-OH is 1. The number of amides is 1. The van der Waals surface area contributed by atoms with Crippen LogP contribution < -0.4 is 11.1 Å². The molecule has 0 bridgehead atoms. The second-order valence-corrected chi connectivity index (χ2v) is 16.6. The molecule has 0 saturated heterocycles. The molecular weight excluding hydrogens is 772 g/mol. The zero-order valence-corrected chi connectivity index (χ0v) is 34.5. The number of thioether (sulfide) groups is 2. The fourth-order valence-corrected chi connectivity index (χ4v) is 9.59. The van der Waals surface area contributed by atoms with E-state index in [0.717, 1.165) is 79.9 Å². The number of nitrogens with one attached hydrogen (secondary N) is 2. The molecule has 296 valence electrons. The Labute approximate surface area is 339 Å². The van der Waals surface area contributed by atoms with Gasteiger partial charge in [-0.3, -0.25) is 4.68 Å². The number of nitrogens with zero attached hydrogens (tertiary/aromatic N) is 3. The summed E-state index contributed by atoms with van der Waals surface area (Å²) >= 11 is 10.1. The first-order chi connectivity index (χ1) is 26.8. The number of phenols is 1. The van der Waals surface area contributed by atoms with Gasteiger partial charge < -0.3 is 40.7 Å². The number of methoxy groups -OCH3 is 1. The highest BCUT2D eigenvalue weighted by Gasteiger charge is 2.30. The van der Waals surface area contributed by atoms with Gasteiger partial charge in [-0.25, -0.2) is 9.59 Å². The summed E-state index contributed by atoms with van der Waals surface area (Å²) in [4.78, 5) is 25.5. The van der Waals surface area contributed by atoms with E-state index < -0.39 is 17.7 Å². The summed E-state index contributed by atoms with van der Waals surface area (Å²) in [5, 5.41) is 40.5. The quantitative estimate of drug-likeness (QED) is 0.0377. The Kier molecular flexibility index (Phi) is 12.6. The van der Waals surface area contributed by atoms with Crippen molar-refractivity contribution in [1.29, 1.82) is 5.41 Å². The molecule has 15 heteroatoms. The normalized spacial score (nSPS) is 13.0. The van der Waals surface area contributed by atoms with Crippen molar-refractivity contribution in [1.82, 2.24) is 19.7 Å². The Hall–Kier alpha value is -4.63. The Morgan fingerprint density at radius 2 is 1.93 bits per heavy atom. The van der Waals surface area contributed by atoms with Gasteiger partial charge in [-0.2, -0.15) is 5.10 Å². The van der Waals surface area contributed by atoms with Crippen LogP contribution in [0.15, 0.2) is 59.1 Å². The number of aromatic nitrogens is 3. The maximum absolute atomic E-state index is 13.1. The van der Waals surface area contributed by atoms with Gasteiger partial charge >= 0.3 is 12.1 Å². The van der Waals surface area contributed by atoms with Crippen LogP contribution in [0.4, 0.5) is 4.79 Å². The molecule has 0 spiro atoms. The van der Waals surface area contributed by atoms with Gasteiger partial charge in [0, 0.05) is 94.0 Å². The van der Waals surface area contributed by atoms with E-state index in [4.69, 9.17) is 37.3 Å². The van der Waals surface area contributed by atoms with Crippen LogP contribution in [-0.4, -0.2) is 74.6 Å². The molecular formula is C41H47ClN6O6S2. The van der Waals surface area contributed by atoms with Crippen molar-refractivity contribution in [3.8, 4) is 16.9 Å². The molecule has 3 aromatic carbocycles. The average molecular weight is 819 g/mol. The number of fused-ring (bicyclic) bond motifs is 3. The summed E-state index contributed by atoms with van der Waals surface area (Å²) in [5.41, 5.74) is 12.2. The van der Waals surface area contributed by atoms with E-state index in [1.807, 2.05) is 55.1 Å². The minimum atomic E-state index is -1.01. The van der Waals surface area contributed by atoms with Crippen LogP contribution in [0.5, 0.6) is 5.75 Å². The van der Waals surface area contributed by atoms with Crippen LogP contribution in [0, 0.1) is 5.41 Å². The molecule has 56 heavy (non-hydrogen) atoms. The summed E-state index contributed by atoms with van der Waals surface area (Å²) in [7, 11) is 5.04. The fraction of sp³-hybridized carbons (Fsp3) is 0.366. The van der Waals surface area contributed by atoms with Crippen molar-refractivity contribution in [2.75, 3.05) is 32.3 Å². The summed E-state index contributed by atoms with van der Waals surface area (Å²) in [5.74, 6) is 1.17. The molecule has 1 aliphatic rings. The van der Waals surface area contributed by atoms with Gasteiger partial charge in [0.05, 0.1) is 23.3 Å². The zero-order chi connectivity index (χ0) is 40.3. The molecule has 1 aliphatic heterocycles. The molecule has 2 aromatic heterocycles. The monoisotopic (exact) mass is 818 g/mol. The molecule has 0 saturated carbocycles. The van der Waals surface area contributed by atoms with E-state index in [0.29, 0.717) is 51.9 Å². The first kappa shape index (κ1) is 41.0. The lowest BCUT2D eigenvalue weighted by Crippen LogP contribution is -2.29. The third-order valence-corrected chi connectivity index (χ3v) is 12.4. The van der Waals surface area contributed by atoms with Gasteiger partial charge in [-0.05, 0) is 74.8 Å². The van der Waals surface area contributed by atoms with Gasteiger partial charge in [0.25, 0.3) is 0 Å². The second-order valence-electron chi connectivity index (χ2n) is 14.1. The molecule has 12 nitrogen and oxygen atoms in total. The first-order valence-corrected chi connectivity index (χ1v) is 20.8. The number of esters is 1. The predicted molar refractivity (Wildman–Crippen MR) is 225 cm³/mol. The van der Waals surface area contributed by atoms with Gasteiger partial charge in [-0.15, -0.1) is 23.5 Å². The molecule has 3 heterocycles. The van der Waals surface area contributed by atoms with Gasteiger partial charge in [0.2, 0.25) is 0 Å². The topological polar surface area (TPSA) is 178 Å². The number of hydrogen-bond acceptors (Lipinski definition) is 11. The number of carbonyl (C=O) groups excluding carboxylic acids is 2. The zero-order valence-electron chi connectivity index (χ0n) is 32.1. The number of aromatic hydroxyl groups is 1. The van der Waals surface area contributed by atoms with Crippen LogP contribution in [0.1, 0.15) is 59.7 Å². The number of primary amides is 1. The second kappa shape index (κ2) is 17.2. The van der Waals surface area contributed by atoms with E-state index in [1.165, 1.54) is 18.9 Å². The number of halogens is 1. The summed E-state index contributed by atoms with van der Waals surface area (Å²) in [6.45, 7) is 4.32. The first-order valence-electron chi connectivity index (χ1n) is 18.3. The highest BCUT2D eigenvalue weighted by molar-refractivity contribution is 7.99. The number of allylic oxidation sites excluding steroid dienone is 1.